The number of fused-ring (bicyclic) bond motifs is 1. The summed E-state index contributed by atoms with van der Waals surface area (Å²) in [6.45, 7) is 3.60. The molecule has 1 aromatic rings. The maximum Gasteiger partial charge on any atom is 0.0111 e. The van der Waals surface area contributed by atoms with Crippen molar-refractivity contribution >= 4 is 0 Å². The van der Waals surface area contributed by atoms with Gasteiger partial charge in [0.2, 0.25) is 0 Å². The first-order valence-corrected chi connectivity index (χ1v) is 8.65. The molecule has 0 amide bonds. The molecule has 3 rings (SSSR count). The van der Waals surface area contributed by atoms with E-state index in [9.17, 15) is 0 Å². The smallest absolute Gasteiger partial charge is 0.0111 e. The van der Waals surface area contributed by atoms with E-state index in [-0.39, 0.29) is 0 Å². The Kier molecular flexibility index (Phi) is 4.77. The van der Waals surface area contributed by atoms with Crippen molar-refractivity contribution in [2.45, 2.75) is 64.3 Å². The zero-order valence-electron chi connectivity index (χ0n) is 12.9. The fraction of sp³-hybridized carbons (Fsp3) is 0.684. The number of hydrogen-bond acceptors (Lipinski definition) is 1. The second kappa shape index (κ2) is 6.76. The molecule has 1 atom stereocenters. The summed E-state index contributed by atoms with van der Waals surface area (Å²) in [5.41, 5.74) is 3.15. The van der Waals surface area contributed by atoms with Crippen LogP contribution in [0.15, 0.2) is 24.3 Å². The van der Waals surface area contributed by atoms with Crippen molar-refractivity contribution < 1.29 is 0 Å². The molecule has 20 heavy (non-hydrogen) atoms. The zero-order chi connectivity index (χ0) is 13.8. The van der Waals surface area contributed by atoms with Crippen molar-refractivity contribution in [3.05, 3.63) is 35.4 Å². The molecular weight excluding hydrogens is 242 g/mol. The molecule has 0 aliphatic heterocycles. The Balaban J connectivity index is 1.44. The van der Waals surface area contributed by atoms with Gasteiger partial charge in [-0.05, 0) is 61.6 Å². The van der Waals surface area contributed by atoms with E-state index in [1.54, 1.807) is 11.1 Å². The van der Waals surface area contributed by atoms with Gasteiger partial charge in [0.05, 0.1) is 0 Å². The number of rotatable bonds is 4. The molecule has 1 unspecified atom stereocenters. The van der Waals surface area contributed by atoms with E-state index < -0.39 is 0 Å². The highest BCUT2D eigenvalue weighted by atomic mass is 14.9. The molecule has 110 valence electrons. The van der Waals surface area contributed by atoms with E-state index in [2.05, 4.69) is 36.5 Å². The average Bonchev–Trinajstić information content (AvgIpc) is 2.53. The topological polar surface area (TPSA) is 12.0 Å². The largest absolute Gasteiger partial charge is 0.313 e. The molecule has 0 aromatic heterocycles. The van der Waals surface area contributed by atoms with Crippen LogP contribution in [0.25, 0.3) is 0 Å². The third kappa shape index (κ3) is 3.44. The average molecular weight is 271 g/mol. The first-order valence-electron chi connectivity index (χ1n) is 8.65. The maximum absolute atomic E-state index is 3.87. The van der Waals surface area contributed by atoms with Crippen LogP contribution in [0.4, 0.5) is 0 Å². The Bertz CT molecular complexity index is 418. The predicted molar refractivity (Wildman–Crippen MR) is 86.0 cm³/mol. The lowest BCUT2D eigenvalue weighted by atomic mass is 9.80. The number of nitrogens with one attached hydrogen (secondary N) is 1. The van der Waals surface area contributed by atoms with Crippen LogP contribution >= 0.6 is 0 Å². The minimum absolute atomic E-state index is 0.716. The Morgan fingerprint density at radius 1 is 0.950 bits per heavy atom. The van der Waals surface area contributed by atoms with Crippen LogP contribution in [-0.4, -0.2) is 12.6 Å². The Morgan fingerprint density at radius 2 is 1.65 bits per heavy atom. The minimum Gasteiger partial charge on any atom is -0.313 e. The monoisotopic (exact) mass is 271 g/mol. The summed E-state index contributed by atoms with van der Waals surface area (Å²) in [6.07, 6.45) is 11.0. The molecule has 1 heteroatoms. The molecule has 1 N–H and O–H groups in total. The number of benzene rings is 1. The Labute approximate surface area is 124 Å². The van der Waals surface area contributed by atoms with Gasteiger partial charge in [0.25, 0.3) is 0 Å². The number of hydrogen-bond donors (Lipinski definition) is 1. The summed E-state index contributed by atoms with van der Waals surface area (Å²) in [4.78, 5) is 0. The van der Waals surface area contributed by atoms with Crippen molar-refractivity contribution in [1.82, 2.24) is 5.32 Å². The van der Waals surface area contributed by atoms with E-state index in [4.69, 9.17) is 0 Å². The Hall–Kier alpha value is -0.820. The molecule has 0 spiro atoms. The van der Waals surface area contributed by atoms with Gasteiger partial charge in [-0.15, -0.1) is 0 Å². The lowest BCUT2D eigenvalue weighted by Crippen LogP contribution is -2.38. The van der Waals surface area contributed by atoms with Crippen molar-refractivity contribution in [1.29, 1.82) is 0 Å². The molecule has 1 nitrogen and oxygen atoms in total. The molecule has 0 bridgehead atoms. The summed E-state index contributed by atoms with van der Waals surface area (Å²) in [5, 5.41) is 3.87. The van der Waals surface area contributed by atoms with E-state index >= 15 is 0 Å². The van der Waals surface area contributed by atoms with E-state index in [0.29, 0.717) is 6.04 Å². The third-order valence-corrected chi connectivity index (χ3v) is 5.59. The molecule has 2 aliphatic rings. The fourth-order valence-corrected chi connectivity index (χ4v) is 4.05. The van der Waals surface area contributed by atoms with Crippen LogP contribution < -0.4 is 5.32 Å². The summed E-state index contributed by atoms with van der Waals surface area (Å²) in [7, 11) is 0. The van der Waals surface area contributed by atoms with Crippen LogP contribution in [-0.2, 0) is 12.8 Å². The lowest BCUT2D eigenvalue weighted by Gasteiger charge is -2.31. The summed E-state index contributed by atoms with van der Waals surface area (Å²) in [6, 6.07) is 9.70. The Morgan fingerprint density at radius 3 is 2.40 bits per heavy atom. The van der Waals surface area contributed by atoms with Crippen LogP contribution in [0.3, 0.4) is 0 Å². The second-order valence-electron chi connectivity index (χ2n) is 6.91. The van der Waals surface area contributed by atoms with Crippen LogP contribution in [0, 0.1) is 11.8 Å². The first-order chi connectivity index (χ1) is 9.85. The highest BCUT2D eigenvalue weighted by Gasteiger charge is 2.22. The van der Waals surface area contributed by atoms with Gasteiger partial charge in [-0.3, -0.25) is 0 Å². The molecular formula is C19H29N. The quantitative estimate of drug-likeness (QED) is 0.858. The molecule has 0 heterocycles. The van der Waals surface area contributed by atoms with Gasteiger partial charge < -0.3 is 5.32 Å². The minimum atomic E-state index is 0.716. The summed E-state index contributed by atoms with van der Waals surface area (Å²) in [5.74, 6) is 1.96. The number of aryl methyl sites for hydroxylation is 1. The molecule has 2 aliphatic carbocycles. The fourth-order valence-electron chi connectivity index (χ4n) is 4.05. The van der Waals surface area contributed by atoms with E-state index in [1.807, 2.05) is 0 Å². The summed E-state index contributed by atoms with van der Waals surface area (Å²) < 4.78 is 0. The third-order valence-electron chi connectivity index (χ3n) is 5.59. The van der Waals surface area contributed by atoms with Gasteiger partial charge in [-0.25, -0.2) is 0 Å². The highest BCUT2D eigenvalue weighted by Crippen LogP contribution is 2.30. The van der Waals surface area contributed by atoms with Crippen molar-refractivity contribution in [3.63, 3.8) is 0 Å². The summed E-state index contributed by atoms with van der Waals surface area (Å²) >= 11 is 0. The van der Waals surface area contributed by atoms with Gasteiger partial charge in [0.1, 0.15) is 0 Å². The van der Waals surface area contributed by atoms with Crippen LogP contribution in [0.2, 0.25) is 0 Å². The molecule has 1 aromatic carbocycles. The van der Waals surface area contributed by atoms with E-state index in [1.165, 1.54) is 57.9 Å². The van der Waals surface area contributed by atoms with Crippen LogP contribution in [0.5, 0.6) is 0 Å². The zero-order valence-corrected chi connectivity index (χ0v) is 12.9. The van der Waals surface area contributed by atoms with Gasteiger partial charge in [0, 0.05) is 6.04 Å². The molecule has 0 saturated heterocycles. The van der Waals surface area contributed by atoms with Gasteiger partial charge in [-0.1, -0.05) is 50.5 Å². The molecule has 1 saturated carbocycles. The second-order valence-corrected chi connectivity index (χ2v) is 6.91. The van der Waals surface area contributed by atoms with Gasteiger partial charge in [-0.2, -0.15) is 0 Å². The van der Waals surface area contributed by atoms with E-state index in [0.717, 1.165) is 11.8 Å². The van der Waals surface area contributed by atoms with Gasteiger partial charge in [0.15, 0.2) is 0 Å². The first kappa shape index (κ1) is 14.1. The highest BCUT2D eigenvalue weighted by molar-refractivity contribution is 5.30. The maximum atomic E-state index is 3.87. The lowest BCUT2D eigenvalue weighted by molar-refractivity contribution is 0.254. The standard InChI is InChI=1S/C19H29N/c1-2-15-7-9-16(10-8-15)14-20-19-12-11-17-5-3-4-6-18(17)13-19/h3-6,15-16,19-20H,2,7-14H2,1H3. The van der Waals surface area contributed by atoms with Crippen molar-refractivity contribution in [2.24, 2.45) is 11.8 Å². The molecule has 1 fully saturated rings. The SMILES string of the molecule is CCC1CCC(CNC2CCc3ccccc3C2)CC1. The normalized spacial score (nSPS) is 29.9. The predicted octanol–water partition coefficient (Wildman–Crippen LogP) is 4.35. The molecule has 0 radical (unpaired) electrons. The van der Waals surface area contributed by atoms with Crippen molar-refractivity contribution in [2.75, 3.05) is 6.54 Å². The van der Waals surface area contributed by atoms with Gasteiger partial charge >= 0.3 is 0 Å². The van der Waals surface area contributed by atoms with Crippen molar-refractivity contribution in [3.8, 4) is 0 Å². The van der Waals surface area contributed by atoms with Crippen LogP contribution in [0.1, 0.15) is 56.6 Å².